The fraction of sp³-hybridized carbons (Fsp3) is 0.588. The summed E-state index contributed by atoms with van der Waals surface area (Å²) in [6, 6.07) is 9.64. The Hall–Kier alpha value is -1.63. The zero-order chi connectivity index (χ0) is 16.1. The fourth-order valence-corrected chi connectivity index (χ4v) is 3.06. The van der Waals surface area contributed by atoms with Crippen LogP contribution in [-0.4, -0.2) is 60.7 Å². The van der Waals surface area contributed by atoms with E-state index in [1.165, 1.54) is 0 Å². The van der Waals surface area contributed by atoms with Gasteiger partial charge in [-0.15, -0.1) is 0 Å². The molecule has 3 rings (SSSR count). The highest BCUT2D eigenvalue weighted by molar-refractivity contribution is 5.67. The van der Waals surface area contributed by atoms with E-state index in [0.29, 0.717) is 39.1 Å². The van der Waals surface area contributed by atoms with Crippen LogP contribution in [0.5, 0.6) is 0 Å². The van der Waals surface area contributed by atoms with Crippen LogP contribution < -0.4 is 0 Å². The standard InChI is InChI=1S/C17H23NO5/c19-10-15-12-21-13-17(23-15)6-8-18(9-7-17)16(20)22-11-14-4-2-1-3-5-14/h1-5,15,19H,6-13H2. The Kier molecular flexibility index (Phi) is 5.15. The lowest BCUT2D eigenvalue weighted by Gasteiger charge is -2.45. The lowest BCUT2D eigenvalue weighted by atomic mass is 9.91. The molecule has 126 valence electrons. The molecule has 6 heteroatoms. The topological polar surface area (TPSA) is 68.2 Å². The van der Waals surface area contributed by atoms with Gasteiger partial charge in [0.25, 0.3) is 0 Å². The van der Waals surface area contributed by atoms with E-state index in [2.05, 4.69) is 0 Å². The Morgan fingerprint density at radius 3 is 2.74 bits per heavy atom. The van der Waals surface area contributed by atoms with Crippen molar-refractivity contribution in [3.63, 3.8) is 0 Å². The number of carbonyl (C=O) groups excluding carboxylic acids is 1. The van der Waals surface area contributed by atoms with E-state index in [1.54, 1.807) is 4.90 Å². The predicted octanol–water partition coefficient (Wildman–Crippen LogP) is 1.57. The highest BCUT2D eigenvalue weighted by atomic mass is 16.6. The molecular weight excluding hydrogens is 298 g/mol. The minimum atomic E-state index is -0.373. The van der Waals surface area contributed by atoms with Crippen molar-refractivity contribution in [2.24, 2.45) is 0 Å². The van der Waals surface area contributed by atoms with Crippen LogP contribution in [0.2, 0.25) is 0 Å². The zero-order valence-corrected chi connectivity index (χ0v) is 13.1. The Morgan fingerprint density at radius 2 is 2.04 bits per heavy atom. The van der Waals surface area contributed by atoms with Gasteiger partial charge >= 0.3 is 6.09 Å². The molecule has 1 aromatic rings. The summed E-state index contributed by atoms with van der Waals surface area (Å²) < 4.78 is 16.9. The Morgan fingerprint density at radius 1 is 1.30 bits per heavy atom. The van der Waals surface area contributed by atoms with Crippen molar-refractivity contribution in [1.29, 1.82) is 0 Å². The molecule has 6 nitrogen and oxygen atoms in total. The van der Waals surface area contributed by atoms with Gasteiger partial charge in [0.15, 0.2) is 0 Å². The van der Waals surface area contributed by atoms with Crippen LogP contribution in [0.4, 0.5) is 4.79 Å². The number of nitrogens with zero attached hydrogens (tertiary/aromatic N) is 1. The largest absolute Gasteiger partial charge is 0.445 e. The van der Waals surface area contributed by atoms with Crippen LogP contribution in [0.1, 0.15) is 18.4 Å². The van der Waals surface area contributed by atoms with Crippen molar-refractivity contribution in [2.45, 2.75) is 31.2 Å². The number of likely N-dealkylation sites (tertiary alicyclic amines) is 1. The minimum absolute atomic E-state index is 0.0371. The van der Waals surface area contributed by atoms with Crippen molar-refractivity contribution in [3.05, 3.63) is 35.9 Å². The SMILES string of the molecule is O=C(OCc1ccccc1)N1CCC2(CC1)COCC(CO)O2. The number of amides is 1. The monoisotopic (exact) mass is 321 g/mol. The van der Waals surface area contributed by atoms with Gasteiger partial charge in [0.05, 0.1) is 25.4 Å². The summed E-state index contributed by atoms with van der Waals surface area (Å²) in [4.78, 5) is 13.9. The van der Waals surface area contributed by atoms with Gasteiger partial charge in [0.1, 0.15) is 12.7 Å². The normalized spacial score (nSPS) is 23.7. The molecule has 0 bridgehead atoms. The third-order valence-corrected chi connectivity index (χ3v) is 4.43. The molecule has 0 saturated carbocycles. The molecule has 1 atom stereocenters. The summed E-state index contributed by atoms with van der Waals surface area (Å²) in [6.07, 6.45) is 0.841. The van der Waals surface area contributed by atoms with Crippen LogP contribution in [0.15, 0.2) is 30.3 Å². The number of benzene rings is 1. The van der Waals surface area contributed by atoms with Crippen LogP contribution in [0, 0.1) is 0 Å². The molecule has 2 aliphatic heterocycles. The summed E-state index contributed by atoms with van der Waals surface area (Å²) in [6.45, 7) is 2.36. The molecule has 2 aliphatic rings. The Bertz CT molecular complexity index is 513. The van der Waals surface area contributed by atoms with Gasteiger partial charge in [-0.2, -0.15) is 0 Å². The molecule has 1 N–H and O–H groups in total. The number of aliphatic hydroxyl groups is 1. The van der Waals surface area contributed by atoms with Crippen LogP contribution >= 0.6 is 0 Å². The van der Waals surface area contributed by atoms with Gasteiger partial charge in [0, 0.05) is 13.1 Å². The van der Waals surface area contributed by atoms with Crippen molar-refractivity contribution < 1.29 is 24.1 Å². The van der Waals surface area contributed by atoms with E-state index < -0.39 is 0 Å². The summed E-state index contributed by atoms with van der Waals surface area (Å²) >= 11 is 0. The molecule has 0 radical (unpaired) electrons. The smallest absolute Gasteiger partial charge is 0.410 e. The molecule has 0 aromatic heterocycles. The highest BCUT2D eigenvalue weighted by Gasteiger charge is 2.41. The van der Waals surface area contributed by atoms with Crippen LogP contribution in [0.25, 0.3) is 0 Å². The Labute approximate surface area is 135 Å². The first-order valence-corrected chi connectivity index (χ1v) is 8.03. The van der Waals surface area contributed by atoms with Crippen LogP contribution in [-0.2, 0) is 20.8 Å². The van der Waals surface area contributed by atoms with Gasteiger partial charge < -0.3 is 24.2 Å². The number of ether oxygens (including phenoxy) is 3. The Balaban J connectivity index is 1.47. The molecule has 2 saturated heterocycles. The second kappa shape index (κ2) is 7.29. The molecule has 0 aliphatic carbocycles. The molecule has 2 heterocycles. The van der Waals surface area contributed by atoms with Crippen molar-refractivity contribution in [2.75, 3.05) is 32.9 Å². The van der Waals surface area contributed by atoms with Gasteiger partial charge in [-0.05, 0) is 18.4 Å². The van der Waals surface area contributed by atoms with Crippen molar-refractivity contribution in [1.82, 2.24) is 4.90 Å². The van der Waals surface area contributed by atoms with Crippen molar-refractivity contribution >= 4 is 6.09 Å². The number of carbonyl (C=O) groups is 1. The predicted molar refractivity (Wildman–Crippen MR) is 82.9 cm³/mol. The maximum atomic E-state index is 12.2. The van der Waals surface area contributed by atoms with E-state index in [0.717, 1.165) is 5.56 Å². The van der Waals surface area contributed by atoms with E-state index in [4.69, 9.17) is 14.2 Å². The van der Waals surface area contributed by atoms with Crippen molar-refractivity contribution in [3.8, 4) is 0 Å². The second-order valence-electron chi connectivity index (χ2n) is 6.15. The van der Waals surface area contributed by atoms with Gasteiger partial charge in [-0.25, -0.2) is 4.79 Å². The molecule has 2 fully saturated rings. The molecule has 1 unspecified atom stereocenters. The number of aliphatic hydroxyl groups excluding tert-OH is 1. The first kappa shape index (κ1) is 16.2. The summed E-state index contributed by atoms with van der Waals surface area (Å²) in [5, 5.41) is 9.23. The van der Waals surface area contributed by atoms with Gasteiger partial charge in [0.2, 0.25) is 0 Å². The second-order valence-corrected chi connectivity index (χ2v) is 6.15. The summed E-state index contributed by atoms with van der Waals surface area (Å²) in [5.74, 6) is 0. The lowest BCUT2D eigenvalue weighted by molar-refractivity contribution is -0.221. The summed E-state index contributed by atoms with van der Waals surface area (Å²) in [7, 11) is 0. The van der Waals surface area contributed by atoms with Gasteiger partial charge in [-0.3, -0.25) is 0 Å². The third-order valence-electron chi connectivity index (χ3n) is 4.43. The molecule has 1 amide bonds. The quantitative estimate of drug-likeness (QED) is 0.915. The minimum Gasteiger partial charge on any atom is -0.445 e. The maximum absolute atomic E-state index is 12.2. The number of hydrogen-bond donors (Lipinski definition) is 1. The number of rotatable bonds is 3. The number of hydrogen-bond acceptors (Lipinski definition) is 5. The number of piperidine rings is 1. The highest BCUT2D eigenvalue weighted by Crippen LogP contribution is 2.31. The van der Waals surface area contributed by atoms with E-state index in [-0.39, 0.29) is 31.0 Å². The van der Waals surface area contributed by atoms with E-state index >= 15 is 0 Å². The first-order valence-electron chi connectivity index (χ1n) is 8.03. The molecule has 1 aromatic carbocycles. The molecule has 1 spiro atoms. The average molecular weight is 321 g/mol. The van der Waals surface area contributed by atoms with E-state index in [1.807, 2.05) is 30.3 Å². The van der Waals surface area contributed by atoms with Crippen LogP contribution in [0.3, 0.4) is 0 Å². The zero-order valence-electron chi connectivity index (χ0n) is 13.1. The fourth-order valence-electron chi connectivity index (χ4n) is 3.06. The molecular formula is C17H23NO5. The average Bonchev–Trinajstić information content (AvgIpc) is 2.61. The third kappa shape index (κ3) is 4.02. The first-order chi connectivity index (χ1) is 11.2. The molecule has 23 heavy (non-hydrogen) atoms. The van der Waals surface area contributed by atoms with E-state index in [9.17, 15) is 9.90 Å². The van der Waals surface area contributed by atoms with Gasteiger partial charge in [-0.1, -0.05) is 30.3 Å². The maximum Gasteiger partial charge on any atom is 0.410 e. The summed E-state index contributed by atoms with van der Waals surface area (Å²) in [5.41, 5.74) is 0.603. The lowest BCUT2D eigenvalue weighted by Crippen LogP contribution is -2.55.